The van der Waals surface area contributed by atoms with E-state index in [1.807, 2.05) is 0 Å². The van der Waals surface area contributed by atoms with Gasteiger partial charge in [-0.1, -0.05) is 0 Å². The number of amides is 2. The summed E-state index contributed by atoms with van der Waals surface area (Å²) >= 11 is 0. The first kappa shape index (κ1) is 11.7. The highest BCUT2D eigenvalue weighted by atomic mass is 16.5. The van der Waals surface area contributed by atoms with Crippen molar-refractivity contribution in [2.45, 2.75) is 18.4 Å². The largest absolute Gasteiger partial charge is 0.497 e. The Hall–Kier alpha value is -1.75. The van der Waals surface area contributed by atoms with E-state index in [1.165, 1.54) is 0 Å². The van der Waals surface area contributed by atoms with Gasteiger partial charge in [0.05, 0.1) is 12.6 Å². The van der Waals surface area contributed by atoms with E-state index in [9.17, 15) is 4.79 Å². The summed E-state index contributed by atoms with van der Waals surface area (Å²) in [6.07, 6.45) is 1.92. The second kappa shape index (κ2) is 4.63. The smallest absolute Gasteiger partial charge is 0.319 e. The Morgan fingerprint density at radius 3 is 2.53 bits per heavy atom. The molecule has 4 N–H and O–H groups in total. The van der Waals surface area contributed by atoms with Crippen LogP contribution in [0, 0.1) is 0 Å². The van der Waals surface area contributed by atoms with Crippen LogP contribution in [-0.2, 0) is 0 Å². The fourth-order valence-electron chi connectivity index (χ4n) is 1.61. The first-order valence-electron chi connectivity index (χ1n) is 5.61. The lowest BCUT2D eigenvalue weighted by atomic mass is 10.3. The lowest BCUT2D eigenvalue weighted by Gasteiger charge is -2.15. The molecule has 1 fully saturated rings. The average Bonchev–Trinajstić information content (AvgIpc) is 3.10. The molecule has 0 aliphatic heterocycles. The van der Waals surface area contributed by atoms with Gasteiger partial charge in [-0.15, -0.1) is 0 Å². The summed E-state index contributed by atoms with van der Waals surface area (Å²) in [4.78, 5) is 11.7. The lowest BCUT2D eigenvalue weighted by molar-refractivity contribution is 0.247. The number of carbonyl (C=O) groups excluding carboxylic acids is 1. The first-order chi connectivity index (χ1) is 8.17. The quantitative estimate of drug-likeness (QED) is 0.736. The molecule has 1 saturated carbocycles. The third-order valence-corrected chi connectivity index (χ3v) is 2.97. The fraction of sp³-hybridized carbons (Fsp3) is 0.417. The summed E-state index contributed by atoms with van der Waals surface area (Å²) in [6.45, 7) is 0.489. The molecule has 2 rings (SSSR count). The standard InChI is InChI=1S/C12H17N3O2/c1-17-10-4-2-9(3-5-10)14-11(16)15-12(8-13)6-7-12/h2-5H,6-8,13H2,1H3,(H2,14,15,16). The zero-order valence-electron chi connectivity index (χ0n) is 9.82. The van der Waals surface area contributed by atoms with Gasteiger partial charge in [0.2, 0.25) is 0 Å². The highest BCUT2D eigenvalue weighted by Crippen LogP contribution is 2.33. The lowest BCUT2D eigenvalue weighted by Crippen LogP contribution is -2.44. The molecule has 0 heterocycles. The van der Waals surface area contributed by atoms with E-state index in [4.69, 9.17) is 10.5 Å². The number of methoxy groups -OCH3 is 1. The van der Waals surface area contributed by atoms with Crippen LogP contribution < -0.4 is 21.1 Å². The molecule has 0 saturated heterocycles. The molecule has 5 heteroatoms. The molecule has 1 aromatic carbocycles. The summed E-state index contributed by atoms with van der Waals surface area (Å²) in [5.74, 6) is 0.761. The van der Waals surface area contributed by atoms with Crippen molar-refractivity contribution in [3.05, 3.63) is 24.3 Å². The van der Waals surface area contributed by atoms with E-state index in [-0.39, 0.29) is 11.6 Å². The molecular weight excluding hydrogens is 218 g/mol. The number of hydrogen-bond acceptors (Lipinski definition) is 3. The van der Waals surface area contributed by atoms with Crippen molar-refractivity contribution >= 4 is 11.7 Å². The highest BCUT2D eigenvalue weighted by molar-refractivity contribution is 5.90. The molecule has 1 aliphatic rings. The molecule has 17 heavy (non-hydrogen) atoms. The second-order valence-electron chi connectivity index (χ2n) is 4.29. The van der Waals surface area contributed by atoms with Crippen LogP contribution in [0.4, 0.5) is 10.5 Å². The summed E-state index contributed by atoms with van der Waals surface area (Å²) in [6, 6.07) is 6.97. The number of urea groups is 1. The van der Waals surface area contributed by atoms with E-state index < -0.39 is 0 Å². The maximum absolute atomic E-state index is 11.7. The van der Waals surface area contributed by atoms with Gasteiger partial charge in [-0.2, -0.15) is 0 Å². The van der Waals surface area contributed by atoms with Crippen LogP contribution in [0.15, 0.2) is 24.3 Å². The molecule has 1 aliphatic carbocycles. The van der Waals surface area contributed by atoms with Crippen molar-refractivity contribution in [2.75, 3.05) is 19.0 Å². The molecule has 5 nitrogen and oxygen atoms in total. The van der Waals surface area contributed by atoms with Gasteiger partial charge in [-0.25, -0.2) is 4.79 Å². The number of benzene rings is 1. The van der Waals surface area contributed by atoms with Gasteiger partial charge >= 0.3 is 6.03 Å². The van der Waals surface area contributed by atoms with Crippen molar-refractivity contribution in [1.82, 2.24) is 5.32 Å². The summed E-state index contributed by atoms with van der Waals surface area (Å²) in [5, 5.41) is 5.65. The molecular formula is C12H17N3O2. The molecule has 2 amide bonds. The molecule has 0 radical (unpaired) electrons. The van der Waals surface area contributed by atoms with Gasteiger partial charge in [0.1, 0.15) is 5.75 Å². The Kier molecular flexibility index (Phi) is 3.19. The van der Waals surface area contributed by atoms with Gasteiger partial charge in [-0.3, -0.25) is 0 Å². The molecule has 0 unspecified atom stereocenters. The normalized spacial score (nSPS) is 16.1. The number of nitrogens with one attached hydrogen (secondary N) is 2. The van der Waals surface area contributed by atoms with Crippen LogP contribution >= 0.6 is 0 Å². The SMILES string of the molecule is COc1ccc(NC(=O)NC2(CN)CC2)cc1. The zero-order chi connectivity index (χ0) is 12.3. The maximum Gasteiger partial charge on any atom is 0.319 e. The van der Waals surface area contributed by atoms with Crippen molar-refractivity contribution in [2.24, 2.45) is 5.73 Å². The first-order valence-corrected chi connectivity index (χ1v) is 5.61. The molecule has 0 atom stereocenters. The predicted octanol–water partition coefficient (Wildman–Crippen LogP) is 1.31. The van der Waals surface area contributed by atoms with Gasteiger partial charge in [-0.05, 0) is 37.1 Å². The zero-order valence-corrected chi connectivity index (χ0v) is 9.82. The van der Waals surface area contributed by atoms with Gasteiger partial charge in [0.25, 0.3) is 0 Å². The minimum atomic E-state index is -0.210. The summed E-state index contributed by atoms with van der Waals surface area (Å²) < 4.78 is 5.04. The number of rotatable bonds is 4. The Morgan fingerprint density at radius 1 is 1.41 bits per heavy atom. The van der Waals surface area contributed by atoms with Crippen LogP contribution in [0.3, 0.4) is 0 Å². The van der Waals surface area contributed by atoms with Crippen LogP contribution in [0.1, 0.15) is 12.8 Å². The van der Waals surface area contributed by atoms with Crippen LogP contribution in [0.5, 0.6) is 5.75 Å². The third kappa shape index (κ3) is 2.88. The number of ether oxygens (including phenoxy) is 1. The number of carbonyl (C=O) groups is 1. The third-order valence-electron chi connectivity index (χ3n) is 2.97. The van der Waals surface area contributed by atoms with Crippen molar-refractivity contribution in [1.29, 1.82) is 0 Å². The van der Waals surface area contributed by atoms with Crippen LogP contribution in [0.2, 0.25) is 0 Å². The average molecular weight is 235 g/mol. The minimum Gasteiger partial charge on any atom is -0.497 e. The monoisotopic (exact) mass is 235 g/mol. The van der Waals surface area contributed by atoms with Crippen molar-refractivity contribution < 1.29 is 9.53 Å². The Bertz CT molecular complexity index is 399. The highest BCUT2D eigenvalue weighted by Gasteiger charge is 2.42. The molecule has 0 aromatic heterocycles. The topological polar surface area (TPSA) is 76.4 Å². The second-order valence-corrected chi connectivity index (χ2v) is 4.29. The fourth-order valence-corrected chi connectivity index (χ4v) is 1.61. The van der Waals surface area contributed by atoms with E-state index in [0.29, 0.717) is 6.54 Å². The molecule has 0 spiro atoms. The van der Waals surface area contributed by atoms with Crippen molar-refractivity contribution in [3.63, 3.8) is 0 Å². The Labute approximate surface area is 100 Å². The van der Waals surface area contributed by atoms with E-state index in [1.54, 1.807) is 31.4 Å². The van der Waals surface area contributed by atoms with E-state index in [2.05, 4.69) is 10.6 Å². The maximum atomic E-state index is 11.7. The minimum absolute atomic E-state index is 0.170. The Balaban J connectivity index is 1.89. The number of hydrogen-bond donors (Lipinski definition) is 3. The Morgan fingerprint density at radius 2 is 2.06 bits per heavy atom. The van der Waals surface area contributed by atoms with Crippen LogP contribution in [-0.4, -0.2) is 25.2 Å². The summed E-state index contributed by atoms with van der Waals surface area (Å²) in [7, 11) is 1.60. The van der Waals surface area contributed by atoms with Crippen molar-refractivity contribution in [3.8, 4) is 5.75 Å². The number of nitrogens with two attached hydrogens (primary N) is 1. The van der Waals surface area contributed by atoms with E-state index in [0.717, 1.165) is 24.3 Å². The molecule has 1 aromatic rings. The van der Waals surface area contributed by atoms with Gasteiger partial charge in [0, 0.05) is 12.2 Å². The van der Waals surface area contributed by atoms with Crippen LogP contribution in [0.25, 0.3) is 0 Å². The summed E-state index contributed by atoms with van der Waals surface area (Å²) in [5.41, 5.74) is 6.15. The molecule has 0 bridgehead atoms. The van der Waals surface area contributed by atoms with E-state index >= 15 is 0 Å². The van der Waals surface area contributed by atoms with Gasteiger partial charge < -0.3 is 21.1 Å². The predicted molar refractivity (Wildman–Crippen MR) is 66.2 cm³/mol. The molecule has 92 valence electrons. The van der Waals surface area contributed by atoms with Gasteiger partial charge in [0.15, 0.2) is 0 Å². The number of anilines is 1.